The Morgan fingerprint density at radius 3 is 0.706 bits per heavy atom. The Balaban J connectivity index is -0.000000886. The Morgan fingerprint density at radius 2 is 0.529 bits per heavy atom. The Hall–Kier alpha value is -1.35. The zero-order chi connectivity index (χ0) is 37.5. The van der Waals surface area contributed by atoms with Gasteiger partial charge in [-0.25, -0.2) is 0 Å². The zero-order valence-corrected chi connectivity index (χ0v) is 35.5. The molecule has 0 aliphatic rings. The fourth-order valence-corrected chi connectivity index (χ4v) is 6.24. The smallest absolute Gasteiger partial charge is 0.548 e. The molecule has 0 saturated carbocycles. The second-order valence-corrected chi connectivity index (χ2v) is 14.6. The fraction of sp³-hybridized carbons (Fsp3) is 0.905. The van der Waals surface area contributed by atoms with Crippen molar-refractivity contribution < 1.29 is 29.4 Å². The number of likely N-dealkylation sites (N-methyl/N-ethyl adjacent to an activating group) is 2. The second-order valence-electron chi connectivity index (χ2n) is 14.6. The van der Waals surface area contributed by atoms with E-state index in [-0.39, 0.29) is 48.0 Å². The molecule has 0 bridgehead atoms. The van der Waals surface area contributed by atoms with E-state index in [4.69, 9.17) is 0 Å². The van der Waals surface area contributed by atoms with Crippen LogP contribution in [0.4, 0.5) is 0 Å². The van der Waals surface area contributed by atoms with Crippen molar-refractivity contribution in [3.8, 4) is 0 Å². The van der Waals surface area contributed by atoms with Crippen LogP contribution in [0.1, 0.15) is 219 Å². The summed E-state index contributed by atoms with van der Waals surface area (Å²) in [5, 5.41) is 20.8. The summed E-state index contributed by atoms with van der Waals surface area (Å²) in [6.07, 6.45) is 39.9. The van der Waals surface area contributed by atoms with Gasteiger partial charge >= 0.3 is 23.1 Å². The van der Waals surface area contributed by atoms with Gasteiger partial charge in [0.05, 0.1) is 25.0 Å². The molecule has 0 aromatic carbocycles. The third-order valence-electron chi connectivity index (χ3n) is 9.57. The van der Waals surface area contributed by atoms with Gasteiger partial charge in [0.1, 0.15) is 0 Å². The van der Waals surface area contributed by atoms with Gasteiger partial charge in [0.2, 0.25) is 11.8 Å². The van der Waals surface area contributed by atoms with Crippen LogP contribution < -0.4 is 10.2 Å². The SMILES string of the molecule is CCCCCCCCCCCCCCCCCC(=O)N(C)CC(=O)[O-].CCCCCCCCCCCCCCCCCC(=O)N(C)CC(=O)[O-].[Mg+2]. The van der Waals surface area contributed by atoms with E-state index in [1.54, 1.807) is 0 Å². The fourth-order valence-electron chi connectivity index (χ4n) is 6.24. The average Bonchev–Trinajstić information content (AvgIpc) is 3.07. The summed E-state index contributed by atoms with van der Waals surface area (Å²) in [7, 11) is 3.03. The van der Waals surface area contributed by atoms with Crippen LogP contribution in [0, 0.1) is 0 Å². The number of amides is 2. The molecule has 0 N–H and O–H groups in total. The third-order valence-corrected chi connectivity index (χ3v) is 9.57. The van der Waals surface area contributed by atoms with Gasteiger partial charge in [-0.05, 0) is 12.8 Å². The van der Waals surface area contributed by atoms with Gasteiger partial charge in [-0.3, -0.25) is 9.59 Å². The molecule has 0 aromatic heterocycles. The number of hydrogen-bond donors (Lipinski definition) is 0. The van der Waals surface area contributed by atoms with E-state index in [1.165, 1.54) is 191 Å². The van der Waals surface area contributed by atoms with Crippen molar-refractivity contribution in [2.45, 2.75) is 219 Å². The molecule has 296 valence electrons. The molecule has 0 aliphatic carbocycles. The van der Waals surface area contributed by atoms with Gasteiger partial charge in [-0.1, -0.05) is 194 Å². The van der Waals surface area contributed by atoms with E-state index in [0.717, 1.165) is 25.7 Å². The summed E-state index contributed by atoms with van der Waals surface area (Å²) in [4.78, 5) is 46.6. The maximum atomic E-state index is 11.6. The van der Waals surface area contributed by atoms with Crippen molar-refractivity contribution in [2.24, 2.45) is 0 Å². The third kappa shape index (κ3) is 44.7. The number of aliphatic carboxylic acids is 2. The molecule has 0 unspecified atom stereocenters. The van der Waals surface area contributed by atoms with E-state index in [9.17, 15) is 29.4 Å². The Kier molecular flexibility index (Phi) is 45.6. The minimum Gasteiger partial charge on any atom is -0.548 e. The maximum absolute atomic E-state index is 11.6. The quantitative estimate of drug-likeness (QED) is 0.0470. The molecule has 51 heavy (non-hydrogen) atoms. The Morgan fingerprint density at radius 1 is 0.353 bits per heavy atom. The van der Waals surface area contributed by atoms with Gasteiger partial charge in [0.25, 0.3) is 0 Å². The number of carbonyl (C=O) groups is 4. The average molecular weight is 733 g/mol. The molecular formula is C42H80MgN2O6. The predicted molar refractivity (Wildman–Crippen MR) is 210 cm³/mol. The molecule has 2 amide bonds. The first-order chi connectivity index (χ1) is 24.1. The first-order valence-corrected chi connectivity index (χ1v) is 21.0. The van der Waals surface area contributed by atoms with E-state index in [2.05, 4.69) is 13.8 Å². The Labute approximate surface area is 331 Å². The summed E-state index contributed by atoms with van der Waals surface area (Å²) in [6, 6.07) is 0. The molecule has 0 heterocycles. The van der Waals surface area contributed by atoms with Crippen LogP contribution in [0.5, 0.6) is 0 Å². The number of carboxylic acid groups (broad SMARTS) is 2. The maximum Gasteiger partial charge on any atom is 2.00 e. The first kappa shape index (κ1) is 54.0. The van der Waals surface area contributed by atoms with Crippen LogP contribution in [-0.2, 0) is 19.2 Å². The van der Waals surface area contributed by atoms with E-state index >= 15 is 0 Å². The molecule has 0 saturated heterocycles. The number of hydrogen-bond acceptors (Lipinski definition) is 6. The van der Waals surface area contributed by atoms with E-state index < -0.39 is 11.9 Å². The van der Waals surface area contributed by atoms with Gasteiger partial charge in [-0.2, -0.15) is 0 Å². The van der Waals surface area contributed by atoms with Crippen molar-refractivity contribution in [1.82, 2.24) is 9.80 Å². The van der Waals surface area contributed by atoms with Crippen LogP contribution in [0.3, 0.4) is 0 Å². The largest absolute Gasteiger partial charge is 2.00 e. The number of nitrogens with zero attached hydrogens (tertiary/aromatic N) is 2. The normalized spacial score (nSPS) is 10.6. The second kappa shape index (κ2) is 43.1. The molecule has 0 aliphatic heterocycles. The summed E-state index contributed by atoms with van der Waals surface area (Å²) < 4.78 is 0. The number of unbranched alkanes of at least 4 members (excludes halogenated alkanes) is 28. The number of rotatable bonds is 36. The molecule has 0 rings (SSSR count). The van der Waals surface area contributed by atoms with Crippen molar-refractivity contribution in [3.63, 3.8) is 0 Å². The molecule has 0 fully saturated rings. The van der Waals surface area contributed by atoms with Crippen LogP contribution in [0.15, 0.2) is 0 Å². The van der Waals surface area contributed by atoms with E-state index in [0.29, 0.717) is 12.8 Å². The minimum absolute atomic E-state index is 0. The standard InChI is InChI=1S/2C21H41NO3.Mg/c2*1-3-4-5-6-7-8-9-10-11-12-13-14-15-16-17-18-20(23)22(2)19-21(24)25;/h2*3-19H2,1-2H3,(H,24,25);/q;;+2/p-2. The summed E-state index contributed by atoms with van der Waals surface area (Å²) >= 11 is 0. The first-order valence-electron chi connectivity index (χ1n) is 21.0. The van der Waals surface area contributed by atoms with Crippen molar-refractivity contribution in [3.05, 3.63) is 0 Å². The summed E-state index contributed by atoms with van der Waals surface area (Å²) in [5.74, 6) is -2.60. The predicted octanol–water partition coefficient (Wildman–Crippen LogP) is 8.53. The summed E-state index contributed by atoms with van der Waals surface area (Å²) in [5.41, 5.74) is 0. The monoisotopic (exact) mass is 733 g/mol. The van der Waals surface area contributed by atoms with Crippen LogP contribution in [0.2, 0.25) is 0 Å². The van der Waals surface area contributed by atoms with Gasteiger partial charge in [-0.15, -0.1) is 0 Å². The molecule has 8 nitrogen and oxygen atoms in total. The number of carboxylic acids is 2. The van der Waals surface area contributed by atoms with Crippen LogP contribution in [-0.4, -0.2) is 83.8 Å². The van der Waals surface area contributed by atoms with Crippen molar-refractivity contribution in [2.75, 3.05) is 27.2 Å². The molecule has 0 radical (unpaired) electrons. The number of carbonyl (C=O) groups excluding carboxylic acids is 4. The van der Waals surface area contributed by atoms with Crippen LogP contribution in [0.25, 0.3) is 0 Å². The molecular weight excluding hydrogens is 653 g/mol. The topological polar surface area (TPSA) is 121 Å². The molecule has 9 heteroatoms. The Bertz CT molecular complexity index is 733. The summed E-state index contributed by atoms with van der Waals surface area (Å²) in [6.45, 7) is 3.91. The van der Waals surface area contributed by atoms with Crippen molar-refractivity contribution in [1.29, 1.82) is 0 Å². The zero-order valence-electron chi connectivity index (χ0n) is 34.1. The molecule has 0 atom stereocenters. The molecule has 0 spiro atoms. The van der Waals surface area contributed by atoms with Crippen molar-refractivity contribution >= 4 is 46.8 Å². The van der Waals surface area contributed by atoms with E-state index in [1.807, 2.05) is 0 Å². The van der Waals surface area contributed by atoms with Gasteiger partial charge in [0.15, 0.2) is 0 Å². The van der Waals surface area contributed by atoms with Gasteiger partial charge in [0, 0.05) is 26.9 Å². The minimum atomic E-state index is -1.20. The van der Waals surface area contributed by atoms with Crippen LogP contribution >= 0.6 is 0 Å². The van der Waals surface area contributed by atoms with Gasteiger partial charge < -0.3 is 29.6 Å². The molecule has 0 aromatic rings.